The second kappa shape index (κ2) is 8.58. The number of pyridine rings is 1. The van der Waals surface area contributed by atoms with E-state index in [2.05, 4.69) is 91.5 Å². The van der Waals surface area contributed by atoms with Gasteiger partial charge in [0.2, 0.25) is 0 Å². The van der Waals surface area contributed by atoms with Gasteiger partial charge in [0.15, 0.2) is 0 Å². The number of rotatable bonds is 4. The van der Waals surface area contributed by atoms with Crippen molar-refractivity contribution in [1.82, 2.24) is 4.98 Å². The molecule has 1 heterocycles. The molecule has 4 aliphatic rings. The van der Waals surface area contributed by atoms with Crippen LogP contribution >= 0.6 is 0 Å². The first-order valence-corrected chi connectivity index (χ1v) is 11.5. The topological polar surface area (TPSA) is 38.9 Å². The normalized spacial score (nSPS) is 25.8. The molecule has 1 aromatic heterocycles. The highest BCUT2D eigenvalue weighted by molar-refractivity contribution is 5.87. The van der Waals surface area contributed by atoms with E-state index in [9.17, 15) is 0 Å². The van der Waals surface area contributed by atoms with Gasteiger partial charge in [-0.1, -0.05) is 67.3 Å². The van der Waals surface area contributed by atoms with Crippen LogP contribution in [-0.2, 0) is 0 Å². The predicted molar refractivity (Wildman–Crippen MR) is 138 cm³/mol. The molecule has 0 saturated carbocycles. The van der Waals surface area contributed by atoms with Gasteiger partial charge in [0, 0.05) is 41.3 Å². The second-order valence-electron chi connectivity index (χ2n) is 8.75. The lowest BCUT2D eigenvalue weighted by molar-refractivity contribution is 0.501. The molecule has 5 rings (SSSR count). The van der Waals surface area contributed by atoms with Crippen molar-refractivity contribution in [3.05, 3.63) is 149 Å². The molecular formula is C31H28N2. The fourth-order valence-electron chi connectivity index (χ4n) is 5.52. The average molecular weight is 429 g/mol. The Kier molecular flexibility index (Phi) is 5.46. The van der Waals surface area contributed by atoms with Gasteiger partial charge in [0.1, 0.15) is 0 Å². The first-order valence-electron chi connectivity index (χ1n) is 11.5. The fourth-order valence-corrected chi connectivity index (χ4v) is 5.52. The molecule has 2 nitrogen and oxygen atoms in total. The van der Waals surface area contributed by atoms with E-state index in [-0.39, 0.29) is 17.8 Å². The summed E-state index contributed by atoms with van der Waals surface area (Å²) >= 11 is 0. The van der Waals surface area contributed by atoms with Gasteiger partial charge in [0.25, 0.3) is 0 Å². The molecule has 0 radical (unpaired) electrons. The lowest BCUT2D eigenvalue weighted by Gasteiger charge is -2.39. The molecule has 0 aliphatic heterocycles. The second-order valence-corrected chi connectivity index (χ2v) is 8.75. The number of hydrogen-bond donors (Lipinski definition) is 1. The summed E-state index contributed by atoms with van der Waals surface area (Å²) in [5.41, 5.74) is 20.0. The zero-order valence-corrected chi connectivity index (χ0v) is 19.0. The number of fused-ring (bicyclic) bond motifs is 1. The third kappa shape index (κ3) is 3.50. The molecular weight excluding hydrogens is 400 g/mol. The van der Waals surface area contributed by atoms with Crippen molar-refractivity contribution >= 4 is 5.57 Å². The highest BCUT2D eigenvalue weighted by Crippen LogP contribution is 2.52. The van der Waals surface area contributed by atoms with Crippen LogP contribution in [0.3, 0.4) is 0 Å². The van der Waals surface area contributed by atoms with Gasteiger partial charge in [-0.05, 0) is 71.2 Å². The Morgan fingerprint density at radius 1 is 1.21 bits per heavy atom. The van der Waals surface area contributed by atoms with Gasteiger partial charge in [-0.2, -0.15) is 0 Å². The number of nitrogens with zero attached hydrogens (tertiary/aromatic N) is 1. The molecule has 3 atom stereocenters. The van der Waals surface area contributed by atoms with Crippen LogP contribution in [0.4, 0.5) is 0 Å². The van der Waals surface area contributed by atoms with Crippen molar-refractivity contribution in [2.45, 2.75) is 13.3 Å². The largest absolute Gasteiger partial charge is 0.405 e. The van der Waals surface area contributed by atoms with Crippen molar-refractivity contribution in [2.75, 3.05) is 0 Å². The summed E-state index contributed by atoms with van der Waals surface area (Å²) in [7, 11) is 0. The zero-order chi connectivity index (χ0) is 22.9. The van der Waals surface area contributed by atoms with Gasteiger partial charge >= 0.3 is 0 Å². The summed E-state index contributed by atoms with van der Waals surface area (Å²) in [6.45, 7) is 11.0. The van der Waals surface area contributed by atoms with Crippen LogP contribution in [0.25, 0.3) is 5.57 Å². The van der Waals surface area contributed by atoms with E-state index >= 15 is 0 Å². The standard InChI is InChI=1S/C31H28N2/c1-4-24(22-14-17-33-18-15-22)28-9-5-7-23-19-30(28)21(3)26-12-11-25(20(2)13-16-32)29-10-6-8-27(23)31(26)29/h4-10,12-18,25,27,31H,2-3,11,32H2,1H3/b16-13-,24-4-. The SMILES string of the molecule is C=C1C2=C=C(C=CC=C2/C(=C\C)c2ccncc2)C2C=CC=C3C(C(=C)/C=C\N)CC=C1C32. The third-order valence-corrected chi connectivity index (χ3v) is 7.05. The first-order chi connectivity index (χ1) is 16.1. The van der Waals surface area contributed by atoms with E-state index in [1.165, 1.54) is 22.3 Å². The zero-order valence-electron chi connectivity index (χ0n) is 19.0. The summed E-state index contributed by atoms with van der Waals surface area (Å²) in [5, 5.41) is 0. The van der Waals surface area contributed by atoms with Crippen molar-refractivity contribution < 1.29 is 0 Å². The monoisotopic (exact) mass is 428 g/mol. The molecule has 2 N–H and O–H groups in total. The Labute approximate surface area is 196 Å². The van der Waals surface area contributed by atoms with Crippen LogP contribution in [0.5, 0.6) is 0 Å². The molecule has 0 aromatic carbocycles. The highest BCUT2D eigenvalue weighted by Gasteiger charge is 2.40. The summed E-state index contributed by atoms with van der Waals surface area (Å²) in [6, 6.07) is 4.11. The molecule has 4 aliphatic carbocycles. The van der Waals surface area contributed by atoms with E-state index in [1.54, 1.807) is 6.20 Å². The van der Waals surface area contributed by atoms with E-state index in [0.29, 0.717) is 0 Å². The third-order valence-electron chi connectivity index (χ3n) is 7.05. The number of aromatic nitrogens is 1. The molecule has 0 fully saturated rings. The van der Waals surface area contributed by atoms with Crippen molar-refractivity contribution in [2.24, 2.45) is 23.5 Å². The number of allylic oxidation sites excluding steroid dienone is 16. The quantitative estimate of drug-likeness (QED) is 0.428. The summed E-state index contributed by atoms with van der Waals surface area (Å²) in [4.78, 5) is 4.20. The van der Waals surface area contributed by atoms with Crippen LogP contribution in [0.1, 0.15) is 18.9 Å². The molecule has 2 heteroatoms. The number of nitrogens with two attached hydrogens (primary N) is 1. The molecule has 0 saturated heterocycles. The fraction of sp³-hybridized carbons (Fsp3) is 0.161. The van der Waals surface area contributed by atoms with Crippen LogP contribution in [0, 0.1) is 17.8 Å². The molecule has 2 bridgehead atoms. The van der Waals surface area contributed by atoms with Gasteiger partial charge in [-0.3, -0.25) is 4.98 Å². The Morgan fingerprint density at radius 3 is 2.79 bits per heavy atom. The Hall–Kier alpha value is -3.87. The van der Waals surface area contributed by atoms with Crippen molar-refractivity contribution in [3.63, 3.8) is 0 Å². The minimum absolute atomic E-state index is 0.224. The maximum atomic E-state index is 5.69. The van der Waals surface area contributed by atoms with E-state index in [1.807, 2.05) is 18.5 Å². The van der Waals surface area contributed by atoms with Crippen molar-refractivity contribution in [1.29, 1.82) is 0 Å². The molecule has 33 heavy (non-hydrogen) atoms. The lowest BCUT2D eigenvalue weighted by atomic mass is 9.64. The highest BCUT2D eigenvalue weighted by atomic mass is 14.6. The Balaban J connectivity index is 1.64. The first kappa shape index (κ1) is 21.0. The smallest absolute Gasteiger partial charge is 0.0315 e. The summed E-state index contributed by atoms with van der Waals surface area (Å²) in [5.74, 6) is 0.719. The van der Waals surface area contributed by atoms with Gasteiger partial charge in [-0.15, -0.1) is 5.73 Å². The van der Waals surface area contributed by atoms with Crippen LogP contribution in [-0.4, -0.2) is 4.98 Å². The van der Waals surface area contributed by atoms with E-state index in [4.69, 9.17) is 5.73 Å². The average Bonchev–Trinajstić information content (AvgIpc) is 3.13. The molecule has 162 valence electrons. The molecule has 1 aromatic rings. The minimum Gasteiger partial charge on any atom is -0.405 e. The summed E-state index contributed by atoms with van der Waals surface area (Å²) < 4.78 is 0. The Bertz CT molecular complexity index is 1310. The maximum Gasteiger partial charge on any atom is 0.0315 e. The summed E-state index contributed by atoms with van der Waals surface area (Å²) in [6.07, 6.45) is 26.0. The van der Waals surface area contributed by atoms with Gasteiger partial charge in [-0.25, -0.2) is 0 Å². The van der Waals surface area contributed by atoms with Gasteiger partial charge in [0.05, 0.1) is 0 Å². The van der Waals surface area contributed by atoms with Crippen LogP contribution in [0.15, 0.2) is 143 Å². The molecule has 0 spiro atoms. The van der Waals surface area contributed by atoms with E-state index < -0.39 is 0 Å². The van der Waals surface area contributed by atoms with Crippen LogP contribution < -0.4 is 5.73 Å². The lowest BCUT2D eigenvalue weighted by Crippen LogP contribution is -2.29. The maximum absolute atomic E-state index is 5.69. The number of hydrogen-bond acceptors (Lipinski definition) is 2. The molecule has 0 amide bonds. The Morgan fingerprint density at radius 2 is 2.03 bits per heavy atom. The van der Waals surface area contributed by atoms with Gasteiger partial charge < -0.3 is 5.73 Å². The minimum atomic E-state index is 0.224. The predicted octanol–water partition coefficient (Wildman–Crippen LogP) is 6.71. The van der Waals surface area contributed by atoms with Crippen molar-refractivity contribution in [3.8, 4) is 0 Å². The van der Waals surface area contributed by atoms with Crippen LogP contribution in [0.2, 0.25) is 0 Å². The van der Waals surface area contributed by atoms with E-state index in [0.717, 1.165) is 34.3 Å². The molecule has 3 unspecified atom stereocenters.